The van der Waals surface area contributed by atoms with E-state index in [9.17, 15) is 0 Å². The second kappa shape index (κ2) is 3.94. The van der Waals surface area contributed by atoms with Crippen LogP contribution in [-0.4, -0.2) is 24.8 Å². The van der Waals surface area contributed by atoms with Gasteiger partial charge in [-0.2, -0.15) is 5.06 Å². The monoisotopic (exact) mass is 143 g/mol. The summed E-state index contributed by atoms with van der Waals surface area (Å²) >= 11 is 0. The van der Waals surface area contributed by atoms with Crippen LogP contribution in [0.3, 0.4) is 0 Å². The molecule has 0 spiro atoms. The Balaban J connectivity index is 2.34. The molecule has 0 aromatic carbocycles. The topological polar surface area (TPSA) is 12.5 Å². The van der Waals surface area contributed by atoms with Crippen molar-refractivity contribution in [2.24, 2.45) is 0 Å². The molecular weight excluding hydrogens is 126 g/mol. The molecule has 0 aromatic rings. The summed E-state index contributed by atoms with van der Waals surface area (Å²) in [5, 5.41) is 2.11. The molecule has 1 heterocycles. The summed E-state index contributed by atoms with van der Waals surface area (Å²) < 4.78 is 0. The average Bonchev–Trinajstić information content (AvgIpc) is 2.04. The highest BCUT2D eigenvalue weighted by Crippen LogP contribution is 2.18. The fraction of sp³-hybridized carbons (Fsp3) is 1.00. The molecule has 10 heavy (non-hydrogen) atoms. The standard InChI is InChI=1S/C8H17NO/c1-3-8-6-4-5-7-9(8)10-2/h8H,3-7H2,1-2H3. The average molecular weight is 143 g/mol. The molecule has 0 bridgehead atoms. The Bertz CT molecular complexity index is 83.3. The summed E-state index contributed by atoms with van der Waals surface area (Å²) in [6.45, 7) is 3.34. The van der Waals surface area contributed by atoms with Gasteiger partial charge in [-0.3, -0.25) is 0 Å². The molecule has 2 nitrogen and oxygen atoms in total. The van der Waals surface area contributed by atoms with Crippen LogP contribution < -0.4 is 0 Å². The van der Waals surface area contributed by atoms with Gasteiger partial charge in [0.05, 0.1) is 7.11 Å². The van der Waals surface area contributed by atoms with Crippen molar-refractivity contribution < 1.29 is 4.84 Å². The molecule has 1 unspecified atom stereocenters. The van der Waals surface area contributed by atoms with Crippen molar-refractivity contribution in [3.8, 4) is 0 Å². The van der Waals surface area contributed by atoms with Crippen molar-refractivity contribution in [3.05, 3.63) is 0 Å². The smallest absolute Gasteiger partial charge is 0.0575 e. The summed E-state index contributed by atoms with van der Waals surface area (Å²) in [6.07, 6.45) is 5.20. The molecule has 1 aliphatic rings. The summed E-state index contributed by atoms with van der Waals surface area (Å²) in [5.74, 6) is 0. The lowest BCUT2D eigenvalue weighted by Gasteiger charge is -2.32. The summed E-state index contributed by atoms with van der Waals surface area (Å²) in [6, 6.07) is 0.679. The van der Waals surface area contributed by atoms with Gasteiger partial charge in [0, 0.05) is 12.6 Å². The zero-order valence-corrected chi connectivity index (χ0v) is 6.97. The lowest BCUT2D eigenvalue weighted by molar-refractivity contribution is -0.174. The molecule has 0 aliphatic carbocycles. The first-order chi connectivity index (χ1) is 4.88. The van der Waals surface area contributed by atoms with Crippen LogP contribution in [0.1, 0.15) is 32.6 Å². The Morgan fingerprint density at radius 2 is 2.30 bits per heavy atom. The normalized spacial score (nSPS) is 28.8. The summed E-state index contributed by atoms with van der Waals surface area (Å²) in [4.78, 5) is 5.23. The van der Waals surface area contributed by atoms with E-state index in [1.165, 1.54) is 25.7 Å². The Morgan fingerprint density at radius 3 is 2.80 bits per heavy atom. The molecule has 0 N–H and O–H groups in total. The van der Waals surface area contributed by atoms with Crippen LogP contribution >= 0.6 is 0 Å². The number of hydrogen-bond acceptors (Lipinski definition) is 2. The number of nitrogens with zero attached hydrogens (tertiary/aromatic N) is 1. The fourth-order valence-corrected chi connectivity index (χ4v) is 1.62. The van der Waals surface area contributed by atoms with Crippen molar-refractivity contribution in [2.45, 2.75) is 38.6 Å². The van der Waals surface area contributed by atoms with Crippen LogP contribution in [0.25, 0.3) is 0 Å². The van der Waals surface area contributed by atoms with Gasteiger partial charge >= 0.3 is 0 Å². The maximum absolute atomic E-state index is 5.23. The zero-order chi connectivity index (χ0) is 7.40. The van der Waals surface area contributed by atoms with Crippen molar-refractivity contribution in [2.75, 3.05) is 13.7 Å². The van der Waals surface area contributed by atoms with Gasteiger partial charge in [-0.05, 0) is 19.3 Å². The third-order valence-corrected chi connectivity index (χ3v) is 2.28. The highest BCUT2D eigenvalue weighted by molar-refractivity contribution is 4.69. The second-order valence-electron chi connectivity index (χ2n) is 2.88. The Labute approximate surface area is 63.1 Å². The molecular formula is C8H17NO. The quantitative estimate of drug-likeness (QED) is 0.584. The van der Waals surface area contributed by atoms with Gasteiger partial charge in [-0.25, -0.2) is 0 Å². The van der Waals surface area contributed by atoms with Crippen molar-refractivity contribution in [1.82, 2.24) is 5.06 Å². The van der Waals surface area contributed by atoms with E-state index in [1.54, 1.807) is 7.11 Å². The molecule has 0 saturated carbocycles. The third-order valence-electron chi connectivity index (χ3n) is 2.28. The van der Waals surface area contributed by atoms with E-state index < -0.39 is 0 Å². The second-order valence-corrected chi connectivity index (χ2v) is 2.88. The highest BCUT2D eigenvalue weighted by atomic mass is 16.7. The Hall–Kier alpha value is -0.0800. The zero-order valence-electron chi connectivity index (χ0n) is 6.97. The van der Waals surface area contributed by atoms with E-state index in [4.69, 9.17) is 4.84 Å². The molecule has 1 aliphatic heterocycles. The van der Waals surface area contributed by atoms with Crippen LogP contribution in [-0.2, 0) is 4.84 Å². The lowest BCUT2D eigenvalue weighted by atomic mass is 10.0. The molecule has 1 rings (SSSR count). The van der Waals surface area contributed by atoms with E-state index in [0.29, 0.717) is 6.04 Å². The van der Waals surface area contributed by atoms with Crippen molar-refractivity contribution >= 4 is 0 Å². The third kappa shape index (κ3) is 1.70. The van der Waals surface area contributed by atoms with Crippen LogP contribution in [0.2, 0.25) is 0 Å². The lowest BCUT2D eigenvalue weighted by Crippen LogP contribution is -2.37. The molecule has 1 fully saturated rings. The first kappa shape index (κ1) is 8.02. The molecule has 0 radical (unpaired) electrons. The molecule has 1 atom stereocenters. The minimum absolute atomic E-state index is 0.679. The predicted molar refractivity (Wildman–Crippen MR) is 41.6 cm³/mol. The number of rotatable bonds is 2. The van der Waals surface area contributed by atoms with Gasteiger partial charge < -0.3 is 4.84 Å². The van der Waals surface area contributed by atoms with E-state index in [0.717, 1.165) is 6.54 Å². The maximum Gasteiger partial charge on any atom is 0.0575 e. The van der Waals surface area contributed by atoms with Gasteiger partial charge in [0.15, 0.2) is 0 Å². The van der Waals surface area contributed by atoms with E-state index in [2.05, 4.69) is 12.0 Å². The van der Waals surface area contributed by atoms with Crippen molar-refractivity contribution in [1.29, 1.82) is 0 Å². The van der Waals surface area contributed by atoms with Crippen LogP contribution in [0, 0.1) is 0 Å². The van der Waals surface area contributed by atoms with Crippen LogP contribution in [0.4, 0.5) is 0 Å². The van der Waals surface area contributed by atoms with Gasteiger partial charge in [0.2, 0.25) is 0 Å². The Morgan fingerprint density at radius 1 is 1.50 bits per heavy atom. The van der Waals surface area contributed by atoms with Gasteiger partial charge in [-0.1, -0.05) is 13.3 Å². The number of hydrogen-bond donors (Lipinski definition) is 0. The van der Waals surface area contributed by atoms with Crippen LogP contribution in [0.15, 0.2) is 0 Å². The Kier molecular flexibility index (Phi) is 3.16. The molecule has 1 saturated heterocycles. The molecule has 0 aromatic heterocycles. The minimum Gasteiger partial charge on any atom is -0.302 e. The van der Waals surface area contributed by atoms with Crippen LogP contribution in [0.5, 0.6) is 0 Å². The van der Waals surface area contributed by atoms with Gasteiger partial charge in [-0.15, -0.1) is 0 Å². The highest BCUT2D eigenvalue weighted by Gasteiger charge is 2.19. The van der Waals surface area contributed by atoms with Crippen molar-refractivity contribution in [3.63, 3.8) is 0 Å². The number of piperidine rings is 1. The maximum atomic E-state index is 5.23. The molecule has 60 valence electrons. The van der Waals surface area contributed by atoms with E-state index >= 15 is 0 Å². The largest absolute Gasteiger partial charge is 0.302 e. The summed E-state index contributed by atoms with van der Waals surface area (Å²) in [7, 11) is 1.77. The molecule has 0 amide bonds. The SMILES string of the molecule is CCC1CCCCN1OC. The first-order valence-corrected chi connectivity index (χ1v) is 4.19. The van der Waals surface area contributed by atoms with Gasteiger partial charge in [0.1, 0.15) is 0 Å². The fourth-order valence-electron chi connectivity index (χ4n) is 1.62. The first-order valence-electron chi connectivity index (χ1n) is 4.19. The number of hydroxylamine groups is 2. The minimum atomic E-state index is 0.679. The van der Waals surface area contributed by atoms with E-state index in [1.807, 2.05) is 0 Å². The van der Waals surface area contributed by atoms with E-state index in [-0.39, 0.29) is 0 Å². The molecule has 2 heteroatoms. The van der Waals surface area contributed by atoms with Gasteiger partial charge in [0.25, 0.3) is 0 Å². The summed E-state index contributed by atoms with van der Waals surface area (Å²) in [5.41, 5.74) is 0. The predicted octanol–water partition coefficient (Wildman–Crippen LogP) is 1.81.